The normalized spacial score (nSPS) is 18.1. The Kier molecular flexibility index (Phi) is 3.44. The van der Waals surface area contributed by atoms with Crippen molar-refractivity contribution >= 4 is 5.69 Å². The molecule has 20 heavy (non-hydrogen) atoms. The Morgan fingerprint density at radius 1 is 1.45 bits per heavy atom. The summed E-state index contributed by atoms with van der Waals surface area (Å²) in [5.74, 6) is -0.0382. The van der Waals surface area contributed by atoms with Crippen LogP contribution in [0.25, 0.3) is 0 Å². The molecule has 1 aromatic carbocycles. The van der Waals surface area contributed by atoms with Crippen LogP contribution in [0.4, 0.5) is 10.1 Å². The summed E-state index contributed by atoms with van der Waals surface area (Å²) in [4.78, 5) is 2.01. The van der Waals surface area contributed by atoms with Crippen LogP contribution in [0.1, 0.15) is 11.1 Å². The maximum Gasteiger partial charge on any atom is 0.146 e. The molecule has 2 aromatic rings. The maximum atomic E-state index is 14.1. The number of nitrogens with zero attached hydrogens (tertiary/aromatic N) is 3. The third-order valence-corrected chi connectivity index (χ3v) is 3.76. The Hall–Kier alpha value is -1.88. The van der Waals surface area contributed by atoms with E-state index in [1.54, 1.807) is 16.9 Å². The van der Waals surface area contributed by atoms with Crippen LogP contribution in [-0.2, 0) is 20.0 Å². The van der Waals surface area contributed by atoms with Crippen LogP contribution >= 0.6 is 0 Å². The number of benzene rings is 1. The number of aryl methyl sites for hydroxylation is 1. The van der Waals surface area contributed by atoms with Crippen molar-refractivity contribution in [2.45, 2.75) is 13.0 Å². The number of para-hydroxylation sites is 1. The van der Waals surface area contributed by atoms with Gasteiger partial charge in [0.1, 0.15) is 5.82 Å². The van der Waals surface area contributed by atoms with E-state index in [0.717, 1.165) is 17.5 Å². The summed E-state index contributed by atoms with van der Waals surface area (Å²) in [6.45, 7) is 1.40. The first-order chi connectivity index (χ1) is 9.67. The Bertz CT molecular complexity index is 611. The van der Waals surface area contributed by atoms with E-state index in [1.165, 1.54) is 6.07 Å². The van der Waals surface area contributed by atoms with Crippen molar-refractivity contribution in [3.05, 3.63) is 47.5 Å². The highest BCUT2D eigenvalue weighted by molar-refractivity contribution is 5.57. The monoisotopic (exact) mass is 275 g/mol. The fraction of sp³-hybridized carbons (Fsp3) is 0.400. The van der Waals surface area contributed by atoms with E-state index in [2.05, 4.69) is 5.10 Å². The van der Waals surface area contributed by atoms with Gasteiger partial charge in [0.15, 0.2) is 0 Å². The number of halogens is 1. The number of hydrogen-bond acceptors (Lipinski definition) is 3. The zero-order chi connectivity index (χ0) is 14.1. The first kappa shape index (κ1) is 13.1. The largest absolute Gasteiger partial charge is 0.396 e. The van der Waals surface area contributed by atoms with Gasteiger partial charge < -0.3 is 10.0 Å². The highest BCUT2D eigenvalue weighted by Crippen LogP contribution is 2.33. The van der Waals surface area contributed by atoms with Crippen molar-refractivity contribution in [1.82, 2.24) is 9.78 Å². The molecule has 3 rings (SSSR count). The molecule has 5 heteroatoms. The van der Waals surface area contributed by atoms with Gasteiger partial charge in [0.2, 0.25) is 0 Å². The smallest absolute Gasteiger partial charge is 0.146 e. The minimum atomic E-state index is -0.192. The van der Waals surface area contributed by atoms with Crippen molar-refractivity contribution in [2.24, 2.45) is 13.0 Å². The minimum Gasteiger partial charge on any atom is -0.396 e. The molecule has 1 aromatic heterocycles. The molecule has 2 heterocycles. The lowest BCUT2D eigenvalue weighted by molar-refractivity contribution is 0.223. The van der Waals surface area contributed by atoms with Crippen LogP contribution in [0.5, 0.6) is 0 Å². The third kappa shape index (κ3) is 2.41. The molecule has 0 saturated carbocycles. The maximum absolute atomic E-state index is 14.1. The zero-order valence-electron chi connectivity index (χ0n) is 11.5. The second-order valence-corrected chi connectivity index (χ2v) is 5.40. The van der Waals surface area contributed by atoms with E-state index in [0.29, 0.717) is 18.8 Å². The molecule has 1 atom stereocenters. The lowest BCUT2D eigenvalue weighted by Gasteiger charge is -2.35. The third-order valence-electron chi connectivity index (χ3n) is 3.76. The van der Waals surface area contributed by atoms with Gasteiger partial charge in [0.25, 0.3) is 0 Å². The molecule has 0 bridgehead atoms. The SMILES string of the molecule is Cn1cc(CN2CC(CO)Cc3cccc(F)c32)cn1. The summed E-state index contributed by atoms with van der Waals surface area (Å²) in [7, 11) is 1.87. The highest BCUT2D eigenvalue weighted by Gasteiger charge is 2.26. The highest BCUT2D eigenvalue weighted by atomic mass is 19.1. The van der Waals surface area contributed by atoms with Crippen molar-refractivity contribution in [3.8, 4) is 0 Å². The number of fused-ring (bicyclic) bond motifs is 1. The summed E-state index contributed by atoms with van der Waals surface area (Å²) in [5.41, 5.74) is 2.68. The number of aliphatic hydroxyl groups excluding tert-OH is 1. The molecular weight excluding hydrogens is 257 g/mol. The number of hydrogen-bond donors (Lipinski definition) is 1. The molecule has 106 valence electrons. The van der Waals surface area contributed by atoms with Gasteiger partial charge in [-0.25, -0.2) is 4.39 Å². The summed E-state index contributed by atoms with van der Waals surface area (Å²) < 4.78 is 15.9. The number of anilines is 1. The lowest BCUT2D eigenvalue weighted by Crippen LogP contribution is -2.37. The van der Waals surface area contributed by atoms with Crippen LogP contribution in [-0.4, -0.2) is 28.0 Å². The van der Waals surface area contributed by atoms with E-state index in [1.807, 2.05) is 24.2 Å². The molecule has 1 N–H and O–H groups in total. The van der Waals surface area contributed by atoms with Gasteiger partial charge in [0, 0.05) is 44.4 Å². The van der Waals surface area contributed by atoms with Crippen LogP contribution < -0.4 is 4.90 Å². The average Bonchev–Trinajstić information content (AvgIpc) is 2.83. The summed E-state index contributed by atoms with van der Waals surface area (Å²) in [6, 6.07) is 5.17. The van der Waals surface area contributed by atoms with Crippen LogP contribution in [0.15, 0.2) is 30.6 Å². The number of aromatic nitrogens is 2. The van der Waals surface area contributed by atoms with Crippen LogP contribution in [0.2, 0.25) is 0 Å². The summed E-state index contributed by atoms with van der Waals surface area (Å²) >= 11 is 0. The average molecular weight is 275 g/mol. The predicted octanol–water partition coefficient (Wildman–Crippen LogP) is 1.73. The Labute approximate surface area is 117 Å². The molecular formula is C15H18FN3O. The lowest BCUT2D eigenvalue weighted by atomic mass is 9.92. The minimum absolute atomic E-state index is 0.124. The van der Waals surface area contributed by atoms with Gasteiger partial charge >= 0.3 is 0 Å². The zero-order valence-corrected chi connectivity index (χ0v) is 11.5. The molecule has 0 aliphatic carbocycles. The van der Waals surface area contributed by atoms with Gasteiger partial charge in [0.05, 0.1) is 11.9 Å². The van der Waals surface area contributed by atoms with Crippen LogP contribution in [0, 0.1) is 11.7 Å². The van der Waals surface area contributed by atoms with E-state index in [4.69, 9.17) is 0 Å². The van der Waals surface area contributed by atoms with Crippen molar-refractivity contribution in [1.29, 1.82) is 0 Å². The van der Waals surface area contributed by atoms with Gasteiger partial charge in [-0.05, 0) is 18.1 Å². The summed E-state index contributed by atoms with van der Waals surface area (Å²) in [6.07, 6.45) is 4.46. The second kappa shape index (κ2) is 5.25. The van der Waals surface area contributed by atoms with E-state index in [9.17, 15) is 9.50 Å². The van der Waals surface area contributed by atoms with Crippen molar-refractivity contribution in [2.75, 3.05) is 18.1 Å². The second-order valence-electron chi connectivity index (χ2n) is 5.40. The molecule has 0 amide bonds. The molecule has 0 saturated heterocycles. The Morgan fingerprint density at radius 2 is 2.30 bits per heavy atom. The topological polar surface area (TPSA) is 41.3 Å². The quantitative estimate of drug-likeness (QED) is 0.927. The number of rotatable bonds is 3. The first-order valence-corrected chi connectivity index (χ1v) is 6.78. The molecule has 1 aliphatic heterocycles. The molecule has 1 unspecified atom stereocenters. The van der Waals surface area contributed by atoms with Gasteiger partial charge in [-0.1, -0.05) is 12.1 Å². The Morgan fingerprint density at radius 3 is 3.00 bits per heavy atom. The molecule has 0 fully saturated rings. The predicted molar refractivity (Wildman–Crippen MR) is 74.9 cm³/mol. The molecule has 4 nitrogen and oxygen atoms in total. The van der Waals surface area contributed by atoms with Crippen molar-refractivity contribution < 1.29 is 9.50 Å². The standard InChI is InChI=1S/C15H18FN3O/c1-18-7-12(6-17-18)9-19-8-11(10-20)5-13-3-2-4-14(16)15(13)19/h2-4,6-7,11,20H,5,8-10H2,1H3. The molecule has 0 spiro atoms. The fourth-order valence-electron chi connectivity index (χ4n) is 2.90. The van der Waals surface area contributed by atoms with E-state index < -0.39 is 0 Å². The molecule has 1 aliphatic rings. The first-order valence-electron chi connectivity index (χ1n) is 6.78. The van der Waals surface area contributed by atoms with Gasteiger partial charge in [-0.3, -0.25) is 4.68 Å². The van der Waals surface area contributed by atoms with Crippen molar-refractivity contribution in [3.63, 3.8) is 0 Å². The number of aliphatic hydroxyl groups is 1. The van der Waals surface area contributed by atoms with Crippen LogP contribution in [0.3, 0.4) is 0 Å². The van der Waals surface area contributed by atoms with Gasteiger partial charge in [-0.15, -0.1) is 0 Å². The molecule has 0 radical (unpaired) electrons. The van der Waals surface area contributed by atoms with E-state index >= 15 is 0 Å². The van der Waals surface area contributed by atoms with Gasteiger partial charge in [-0.2, -0.15) is 5.10 Å². The Balaban J connectivity index is 1.93. The van der Waals surface area contributed by atoms with E-state index in [-0.39, 0.29) is 18.3 Å². The summed E-state index contributed by atoms with van der Waals surface area (Å²) in [5, 5.41) is 13.6. The fourth-order valence-corrected chi connectivity index (χ4v) is 2.90.